The largest absolute Gasteiger partial charge is 0.342 e. The van der Waals surface area contributed by atoms with Crippen molar-refractivity contribution in [3.05, 3.63) is 28.8 Å². The lowest BCUT2D eigenvalue weighted by Gasteiger charge is -2.20. The van der Waals surface area contributed by atoms with E-state index in [1.165, 1.54) is 0 Å². The number of rotatable bonds is 6. The average Bonchev–Trinajstić information content (AvgIpc) is 3.25. The van der Waals surface area contributed by atoms with Gasteiger partial charge in [0.25, 0.3) is 5.91 Å². The van der Waals surface area contributed by atoms with Crippen LogP contribution in [-0.2, 0) is 5.54 Å². The molecule has 3 heterocycles. The third kappa shape index (κ3) is 3.73. The van der Waals surface area contributed by atoms with E-state index in [1.807, 2.05) is 17.7 Å². The lowest BCUT2D eigenvalue weighted by molar-refractivity contribution is 0.0934. The summed E-state index contributed by atoms with van der Waals surface area (Å²) in [6.07, 6.45) is 3.85. The van der Waals surface area contributed by atoms with Gasteiger partial charge >= 0.3 is 0 Å². The molecule has 0 bridgehead atoms. The number of tetrazole rings is 1. The molecule has 1 atom stereocenters. The summed E-state index contributed by atoms with van der Waals surface area (Å²) in [7, 11) is 0. The predicted octanol–water partition coefficient (Wildman–Crippen LogP) is 3.16. The Kier molecular flexibility index (Phi) is 4.84. The number of nitrogens with one attached hydrogen (secondary N) is 2. The number of carbonyl (C=O) groups is 1. The number of amides is 1. The van der Waals surface area contributed by atoms with Gasteiger partial charge in [0.15, 0.2) is 11.5 Å². The average molecular weight is 396 g/mol. The van der Waals surface area contributed by atoms with Gasteiger partial charge in [0, 0.05) is 11.6 Å². The van der Waals surface area contributed by atoms with E-state index in [4.69, 9.17) is 10.1 Å². The van der Waals surface area contributed by atoms with E-state index in [0.717, 1.165) is 48.1 Å². The van der Waals surface area contributed by atoms with E-state index in [-0.39, 0.29) is 17.5 Å². The first-order valence-electron chi connectivity index (χ1n) is 10.2. The summed E-state index contributed by atoms with van der Waals surface area (Å²) in [5.74, 6) is 0.771. The second kappa shape index (κ2) is 7.20. The topological polar surface area (TPSA) is 114 Å². The van der Waals surface area contributed by atoms with Gasteiger partial charge in [-0.25, -0.2) is 9.67 Å². The van der Waals surface area contributed by atoms with Crippen molar-refractivity contribution in [1.82, 2.24) is 40.7 Å². The molecule has 3 aromatic heterocycles. The Labute approximate surface area is 169 Å². The molecular weight excluding hydrogens is 368 g/mol. The van der Waals surface area contributed by atoms with Gasteiger partial charge in [0.1, 0.15) is 0 Å². The summed E-state index contributed by atoms with van der Waals surface area (Å²) in [4.78, 5) is 18.3. The number of carbonyl (C=O) groups excluding carboxylic acids is 1. The van der Waals surface area contributed by atoms with E-state index in [1.54, 1.807) is 0 Å². The molecule has 0 aromatic carbocycles. The van der Waals surface area contributed by atoms with Gasteiger partial charge in [-0.15, -0.1) is 10.2 Å². The highest BCUT2D eigenvalue weighted by Gasteiger charge is 2.31. The summed E-state index contributed by atoms with van der Waals surface area (Å²) in [5.41, 5.74) is 2.94. The predicted molar refractivity (Wildman–Crippen MR) is 109 cm³/mol. The molecule has 29 heavy (non-hydrogen) atoms. The smallest absolute Gasteiger partial charge is 0.252 e. The molecule has 1 aliphatic carbocycles. The van der Waals surface area contributed by atoms with Crippen LogP contribution in [0.4, 0.5) is 0 Å². The molecule has 0 saturated heterocycles. The lowest BCUT2D eigenvalue weighted by atomic mass is 10.0. The molecule has 0 aliphatic heterocycles. The van der Waals surface area contributed by atoms with Gasteiger partial charge in [-0.1, -0.05) is 18.6 Å². The van der Waals surface area contributed by atoms with Crippen molar-refractivity contribution in [2.45, 2.75) is 77.8 Å². The van der Waals surface area contributed by atoms with Gasteiger partial charge in [0.05, 0.1) is 28.2 Å². The number of hydrogen-bond donors (Lipinski definition) is 2. The maximum absolute atomic E-state index is 13.4. The quantitative estimate of drug-likeness (QED) is 0.661. The standard InChI is InChI=1S/C20H28N8O/c1-6-7-14(17-23-26-27-24-17)22-19(29)13-10-15(12-8-9-12)21-18-16(13)11(2)25-28(18)20(3,4)5/h10,12,14H,6-9H2,1-5H3,(H,22,29)(H,23,24,26,27). The molecule has 0 spiro atoms. The minimum atomic E-state index is -0.295. The minimum absolute atomic E-state index is 0.154. The van der Waals surface area contributed by atoms with Crippen molar-refractivity contribution < 1.29 is 4.79 Å². The normalized spacial score (nSPS) is 15.6. The fraction of sp³-hybridized carbons (Fsp3) is 0.600. The molecule has 4 rings (SSSR count). The van der Waals surface area contributed by atoms with E-state index in [0.29, 0.717) is 17.3 Å². The molecule has 1 aliphatic rings. The van der Waals surface area contributed by atoms with Gasteiger partial charge < -0.3 is 5.32 Å². The molecule has 1 saturated carbocycles. The second-order valence-corrected chi connectivity index (χ2v) is 8.82. The molecule has 0 radical (unpaired) electrons. The number of nitrogens with zero attached hydrogens (tertiary/aromatic N) is 6. The number of H-pyrrole nitrogens is 1. The number of aryl methyl sites for hydroxylation is 1. The van der Waals surface area contributed by atoms with Crippen molar-refractivity contribution in [3.8, 4) is 0 Å². The first kappa shape index (κ1) is 19.5. The Morgan fingerprint density at radius 2 is 2.14 bits per heavy atom. The molecule has 2 N–H and O–H groups in total. The fourth-order valence-electron chi connectivity index (χ4n) is 3.65. The van der Waals surface area contributed by atoms with Crippen molar-refractivity contribution in [3.63, 3.8) is 0 Å². The molecule has 9 heteroatoms. The van der Waals surface area contributed by atoms with E-state index in [2.05, 4.69) is 53.6 Å². The number of aromatic amines is 1. The molecule has 9 nitrogen and oxygen atoms in total. The monoisotopic (exact) mass is 396 g/mol. The number of hydrogen-bond acceptors (Lipinski definition) is 6. The highest BCUT2D eigenvalue weighted by Crippen LogP contribution is 2.41. The van der Waals surface area contributed by atoms with Crippen LogP contribution in [0.1, 0.15) is 92.9 Å². The van der Waals surface area contributed by atoms with E-state index in [9.17, 15) is 4.79 Å². The Balaban J connectivity index is 1.79. The molecule has 1 amide bonds. The molecule has 1 fully saturated rings. The van der Waals surface area contributed by atoms with Crippen LogP contribution in [0.5, 0.6) is 0 Å². The van der Waals surface area contributed by atoms with Crippen molar-refractivity contribution in [2.24, 2.45) is 0 Å². The Morgan fingerprint density at radius 1 is 1.38 bits per heavy atom. The Bertz CT molecular complexity index is 1030. The first-order chi connectivity index (χ1) is 13.8. The molecule has 1 unspecified atom stereocenters. The second-order valence-electron chi connectivity index (χ2n) is 8.82. The van der Waals surface area contributed by atoms with E-state index < -0.39 is 0 Å². The zero-order chi connectivity index (χ0) is 20.8. The zero-order valence-electron chi connectivity index (χ0n) is 17.7. The van der Waals surface area contributed by atoms with Crippen LogP contribution in [0.15, 0.2) is 6.07 Å². The Hall–Kier alpha value is -2.84. The number of fused-ring (bicyclic) bond motifs is 1. The van der Waals surface area contributed by atoms with Crippen LogP contribution in [0.3, 0.4) is 0 Å². The molecule has 154 valence electrons. The van der Waals surface area contributed by atoms with E-state index >= 15 is 0 Å². The van der Waals surface area contributed by atoms with Crippen LogP contribution < -0.4 is 5.32 Å². The van der Waals surface area contributed by atoms with Gasteiger partial charge in [-0.3, -0.25) is 4.79 Å². The summed E-state index contributed by atoms with van der Waals surface area (Å²) < 4.78 is 1.93. The van der Waals surface area contributed by atoms with Gasteiger partial charge in [0.2, 0.25) is 0 Å². The third-order valence-electron chi connectivity index (χ3n) is 5.26. The fourth-order valence-corrected chi connectivity index (χ4v) is 3.65. The van der Waals surface area contributed by atoms with Gasteiger partial charge in [-0.05, 0) is 53.0 Å². The summed E-state index contributed by atoms with van der Waals surface area (Å²) >= 11 is 0. The first-order valence-corrected chi connectivity index (χ1v) is 10.2. The summed E-state index contributed by atoms with van der Waals surface area (Å²) in [5, 5.41) is 22.9. The maximum Gasteiger partial charge on any atom is 0.252 e. The zero-order valence-corrected chi connectivity index (χ0v) is 17.7. The van der Waals surface area contributed by atoms with Crippen molar-refractivity contribution >= 4 is 16.9 Å². The van der Waals surface area contributed by atoms with Crippen LogP contribution in [0, 0.1) is 6.92 Å². The van der Waals surface area contributed by atoms with Crippen LogP contribution in [-0.4, -0.2) is 41.3 Å². The Morgan fingerprint density at radius 3 is 2.72 bits per heavy atom. The third-order valence-corrected chi connectivity index (χ3v) is 5.26. The molecule has 3 aromatic rings. The highest BCUT2D eigenvalue weighted by molar-refractivity contribution is 6.06. The van der Waals surface area contributed by atoms with Crippen molar-refractivity contribution in [2.75, 3.05) is 0 Å². The SMILES string of the molecule is CCCC(NC(=O)c1cc(C2CC2)nc2c1c(C)nn2C(C)(C)C)c1nn[nH]n1. The van der Waals surface area contributed by atoms with Crippen molar-refractivity contribution in [1.29, 1.82) is 0 Å². The minimum Gasteiger partial charge on any atom is -0.342 e. The summed E-state index contributed by atoms with van der Waals surface area (Å²) in [6.45, 7) is 10.3. The van der Waals surface area contributed by atoms with Crippen LogP contribution >= 0.6 is 0 Å². The van der Waals surface area contributed by atoms with Crippen LogP contribution in [0.2, 0.25) is 0 Å². The maximum atomic E-state index is 13.4. The number of pyridine rings is 1. The van der Waals surface area contributed by atoms with Gasteiger partial charge in [-0.2, -0.15) is 10.3 Å². The molecular formula is C20H28N8O. The summed E-state index contributed by atoms with van der Waals surface area (Å²) in [6, 6.07) is 1.65. The van der Waals surface area contributed by atoms with Crippen LogP contribution in [0.25, 0.3) is 11.0 Å². The number of aromatic nitrogens is 7. The highest BCUT2D eigenvalue weighted by atomic mass is 16.1. The lowest BCUT2D eigenvalue weighted by Crippen LogP contribution is -2.30.